The van der Waals surface area contributed by atoms with Gasteiger partial charge in [-0.1, -0.05) is 74.5 Å². The smallest absolute Gasteiger partial charge is 0.310 e. The summed E-state index contributed by atoms with van der Waals surface area (Å²) in [5.74, 6) is 1.66. The average molecular weight is 859 g/mol. The predicted molar refractivity (Wildman–Crippen MR) is 244 cm³/mol. The zero-order valence-electron chi connectivity index (χ0n) is 41.4. The summed E-state index contributed by atoms with van der Waals surface area (Å²) in [7, 11) is 0. The van der Waals surface area contributed by atoms with Crippen molar-refractivity contribution in [3.05, 3.63) is 12.2 Å². The highest BCUT2D eigenvalue weighted by molar-refractivity contribution is 5.86. The molecule has 0 radical (unpaired) electrons. The Bertz CT molecular complexity index is 1840. The van der Waals surface area contributed by atoms with Gasteiger partial charge < -0.3 is 19.7 Å². The molecule has 1 heterocycles. The Labute approximate surface area is 376 Å². The van der Waals surface area contributed by atoms with Gasteiger partial charge in [-0.25, -0.2) is 0 Å². The number of piperidine rings is 1. The van der Waals surface area contributed by atoms with E-state index in [9.17, 15) is 14.4 Å². The van der Waals surface area contributed by atoms with Crippen LogP contribution in [0.4, 0.5) is 0 Å². The van der Waals surface area contributed by atoms with Crippen LogP contribution >= 0.6 is 0 Å². The second-order valence-corrected chi connectivity index (χ2v) is 26.3. The highest BCUT2D eigenvalue weighted by atomic mass is 16.6. The van der Waals surface area contributed by atoms with Gasteiger partial charge in [0.05, 0.1) is 17.3 Å². The molecule has 7 aliphatic carbocycles. The molecule has 0 aromatic heterocycles. The van der Waals surface area contributed by atoms with E-state index in [1.54, 1.807) is 0 Å². The van der Waals surface area contributed by atoms with Crippen LogP contribution in [0.1, 0.15) is 186 Å². The molecule has 0 bridgehead atoms. The molecule has 1 saturated heterocycles. The molecule has 7 saturated carbocycles. The number of allylic oxidation sites excluding steroid dienone is 1. The molecule has 0 aromatic carbocycles. The van der Waals surface area contributed by atoms with Crippen LogP contribution in [0.25, 0.3) is 0 Å². The number of rotatable bonds is 7. The van der Waals surface area contributed by atoms with Crippen molar-refractivity contribution >= 4 is 23.8 Å². The minimum Gasteiger partial charge on any atom is -0.462 e. The zero-order chi connectivity index (χ0) is 45.4. The number of likely N-dealkylation sites (tertiary alicyclic amines) is 1. The molecule has 8 aliphatic rings. The summed E-state index contributed by atoms with van der Waals surface area (Å²) >= 11 is 0. The lowest BCUT2D eigenvalue weighted by Gasteiger charge is -2.73. The summed E-state index contributed by atoms with van der Waals surface area (Å²) in [6, 6.07) is 0.0246. The molecular formula is C54H86N2O6. The molecule has 8 rings (SSSR count). The number of carbonyl (C=O) groups excluding carboxylic acids is 4. The first-order valence-electron chi connectivity index (χ1n) is 25.4. The Balaban J connectivity index is 0.975. The summed E-state index contributed by atoms with van der Waals surface area (Å²) in [6.45, 7) is 35.3. The van der Waals surface area contributed by atoms with E-state index in [1.165, 1.54) is 18.4 Å². The third-order valence-electron chi connectivity index (χ3n) is 21.5. The third kappa shape index (κ3) is 6.73. The molecule has 14 atom stereocenters. The van der Waals surface area contributed by atoms with Crippen LogP contribution in [0.3, 0.4) is 0 Å². The van der Waals surface area contributed by atoms with Crippen LogP contribution in [0.15, 0.2) is 12.2 Å². The lowest BCUT2D eigenvalue weighted by atomic mass is 9.32. The number of nitrogens with zero attached hydrogens (tertiary/aromatic N) is 1. The SMILES string of the molecule is C=C(C)C1CCC2(C(=O)NC3CC(C(=O)N4CCCCC4)C3(C)C)CCC3(C)C(CCC4C5(C)CCC(OC(=O)C6CC(C(=O)OC(C)(C)C)C6(C)C)C(C)(C)C5CCC43C)C12. The van der Waals surface area contributed by atoms with Gasteiger partial charge in [-0.15, -0.1) is 0 Å². The van der Waals surface area contributed by atoms with E-state index in [1.807, 2.05) is 34.6 Å². The summed E-state index contributed by atoms with van der Waals surface area (Å²) in [5, 5.41) is 3.67. The quantitative estimate of drug-likeness (QED) is 0.202. The van der Waals surface area contributed by atoms with E-state index in [-0.39, 0.29) is 86.2 Å². The summed E-state index contributed by atoms with van der Waals surface area (Å²) in [5.41, 5.74) is -0.271. The van der Waals surface area contributed by atoms with E-state index in [0.717, 1.165) is 90.1 Å². The number of fused-ring (bicyclic) bond motifs is 7. The van der Waals surface area contributed by atoms with Gasteiger partial charge in [0, 0.05) is 30.5 Å². The molecule has 8 heteroatoms. The fraction of sp³-hybridized carbons (Fsp3) is 0.889. The molecule has 1 aliphatic heterocycles. The van der Waals surface area contributed by atoms with Gasteiger partial charge in [0.1, 0.15) is 11.7 Å². The molecular weight excluding hydrogens is 773 g/mol. The van der Waals surface area contributed by atoms with Crippen molar-refractivity contribution in [1.29, 1.82) is 0 Å². The third-order valence-corrected chi connectivity index (χ3v) is 21.5. The van der Waals surface area contributed by atoms with Gasteiger partial charge in [-0.2, -0.15) is 0 Å². The predicted octanol–water partition coefficient (Wildman–Crippen LogP) is 11.1. The van der Waals surface area contributed by atoms with Crippen molar-refractivity contribution in [2.45, 2.75) is 204 Å². The molecule has 2 amide bonds. The molecule has 14 unspecified atom stereocenters. The van der Waals surface area contributed by atoms with E-state index >= 15 is 4.79 Å². The molecule has 0 spiro atoms. The van der Waals surface area contributed by atoms with Crippen LogP contribution in [0.5, 0.6) is 0 Å². The second-order valence-electron chi connectivity index (χ2n) is 26.3. The Hall–Kier alpha value is -2.38. The van der Waals surface area contributed by atoms with E-state index in [0.29, 0.717) is 36.0 Å². The lowest BCUT2D eigenvalue weighted by Crippen LogP contribution is -2.68. The van der Waals surface area contributed by atoms with Crippen molar-refractivity contribution in [3.63, 3.8) is 0 Å². The molecule has 62 heavy (non-hydrogen) atoms. The highest BCUT2D eigenvalue weighted by Crippen LogP contribution is 2.78. The van der Waals surface area contributed by atoms with Gasteiger partial charge in [0.25, 0.3) is 0 Å². The van der Waals surface area contributed by atoms with Crippen molar-refractivity contribution in [3.8, 4) is 0 Å². The Kier molecular flexibility index (Phi) is 11.2. The Morgan fingerprint density at radius 3 is 1.94 bits per heavy atom. The maximum absolute atomic E-state index is 15.1. The molecule has 0 aromatic rings. The first-order chi connectivity index (χ1) is 28.7. The lowest BCUT2D eigenvalue weighted by molar-refractivity contribution is -0.251. The topological polar surface area (TPSA) is 102 Å². The summed E-state index contributed by atoms with van der Waals surface area (Å²) in [4.78, 5) is 57.9. The van der Waals surface area contributed by atoms with Crippen molar-refractivity contribution < 1.29 is 28.7 Å². The van der Waals surface area contributed by atoms with E-state index < -0.39 is 11.0 Å². The van der Waals surface area contributed by atoms with Gasteiger partial charge in [-0.05, 0) is 181 Å². The molecule has 8 fully saturated rings. The van der Waals surface area contributed by atoms with Crippen LogP contribution in [-0.4, -0.2) is 59.5 Å². The van der Waals surface area contributed by atoms with Crippen molar-refractivity contribution in [2.75, 3.05) is 13.1 Å². The summed E-state index contributed by atoms with van der Waals surface area (Å²) in [6.07, 6.45) is 15.0. The van der Waals surface area contributed by atoms with Gasteiger partial charge in [-0.3, -0.25) is 19.2 Å². The maximum atomic E-state index is 15.1. The van der Waals surface area contributed by atoms with Gasteiger partial charge in [0.15, 0.2) is 0 Å². The zero-order valence-corrected chi connectivity index (χ0v) is 41.4. The van der Waals surface area contributed by atoms with Gasteiger partial charge >= 0.3 is 11.9 Å². The fourth-order valence-corrected chi connectivity index (χ4v) is 17.3. The first kappa shape index (κ1) is 46.2. The number of ether oxygens (including phenoxy) is 2. The number of amides is 2. The normalized spacial score (nSPS) is 45.0. The van der Waals surface area contributed by atoms with Crippen LogP contribution in [0.2, 0.25) is 0 Å². The number of esters is 2. The van der Waals surface area contributed by atoms with Crippen LogP contribution in [0, 0.1) is 85.2 Å². The molecule has 348 valence electrons. The number of nitrogens with one attached hydrogen (secondary N) is 1. The fourth-order valence-electron chi connectivity index (χ4n) is 17.3. The maximum Gasteiger partial charge on any atom is 0.310 e. The highest BCUT2D eigenvalue weighted by Gasteiger charge is 2.72. The van der Waals surface area contributed by atoms with Gasteiger partial charge in [0.2, 0.25) is 11.8 Å². The number of hydrogen-bond donors (Lipinski definition) is 1. The Morgan fingerprint density at radius 1 is 0.661 bits per heavy atom. The van der Waals surface area contributed by atoms with Crippen molar-refractivity contribution in [2.24, 2.45) is 85.2 Å². The molecule has 8 nitrogen and oxygen atoms in total. The standard InChI is InChI=1S/C54H86N2O6/c1-32(2)33-20-25-54(46(60)55-40-31-35(49(40,8)9)43(57)56-28-16-15-17-29-56)27-26-52(13)34(42(33)54)18-19-39-51(12)23-22-41(50(10,11)38(51)21-24-53(39,52)14)61-44(58)36-30-37(48(36,6)7)45(59)62-47(3,4)5/h33-42H,1,15-31H2,2-14H3,(H,55,60). The largest absolute Gasteiger partial charge is 0.462 e. The first-order valence-corrected chi connectivity index (χ1v) is 25.4. The minimum atomic E-state index is -0.556. The Morgan fingerprint density at radius 2 is 1.32 bits per heavy atom. The van der Waals surface area contributed by atoms with Crippen LogP contribution < -0.4 is 5.32 Å². The number of hydrogen-bond acceptors (Lipinski definition) is 6. The van der Waals surface area contributed by atoms with Crippen LogP contribution in [-0.2, 0) is 28.7 Å². The summed E-state index contributed by atoms with van der Waals surface area (Å²) < 4.78 is 12.3. The molecule has 1 N–H and O–H groups in total. The number of carbonyl (C=O) groups is 4. The van der Waals surface area contributed by atoms with E-state index in [2.05, 4.69) is 72.2 Å². The average Bonchev–Trinajstić information content (AvgIpc) is 3.58. The van der Waals surface area contributed by atoms with E-state index in [4.69, 9.17) is 9.47 Å². The monoisotopic (exact) mass is 859 g/mol. The van der Waals surface area contributed by atoms with Crippen molar-refractivity contribution in [1.82, 2.24) is 10.2 Å². The second kappa shape index (κ2) is 15.1. The minimum absolute atomic E-state index is 0.0205.